The molecular formula is C15H18N2O. The molecule has 0 bridgehead atoms. The molecule has 0 saturated heterocycles. The van der Waals surface area contributed by atoms with Crippen LogP contribution < -0.4 is 0 Å². The fraction of sp³-hybridized carbons (Fsp3) is 0.333. The van der Waals surface area contributed by atoms with E-state index < -0.39 is 0 Å². The van der Waals surface area contributed by atoms with Crippen molar-refractivity contribution in [1.29, 1.82) is 0 Å². The minimum absolute atomic E-state index is 0.0983. The number of aromatic nitrogens is 2. The van der Waals surface area contributed by atoms with Gasteiger partial charge in [-0.2, -0.15) is 5.10 Å². The van der Waals surface area contributed by atoms with Gasteiger partial charge in [-0.25, -0.2) is 0 Å². The third-order valence-corrected chi connectivity index (χ3v) is 3.30. The fourth-order valence-corrected chi connectivity index (χ4v) is 1.90. The highest BCUT2D eigenvalue weighted by Crippen LogP contribution is 2.17. The Morgan fingerprint density at radius 3 is 2.50 bits per heavy atom. The first kappa shape index (κ1) is 12.6. The average molecular weight is 242 g/mol. The number of aryl methyl sites for hydroxylation is 3. The molecule has 2 aromatic rings. The van der Waals surface area contributed by atoms with Gasteiger partial charge in [-0.15, -0.1) is 0 Å². The van der Waals surface area contributed by atoms with Gasteiger partial charge in [0.15, 0.2) is 5.78 Å². The molecule has 1 heterocycles. The molecule has 0 aliphatic carbocycles. The molecule has 0 saturated carbocycles. The summed E-state index contributed by atoms with van der Waals surface area (Å²) in [6.07, 6.45) is 3.66. The van der Waals surface area contributed by atoms with E-state index in [4.69, 9.17) is 0 Å². The van der Waals surface area contributed by atoms with Crippen molar-refractivity contribution in [1.82, 2.24) is 9.78 Å². The predicted octanol–water partition coefficient (Wildman–Crippen LogP) is 3.25. The molecule has 0 spiro atoms. The van der Waals surface area contributed by atoms with Crippen LogP contribution in [0.4, 0.5) is 0 Å². The zero-order chi connectivity index (χ0) is 13.3. The average Bonchev–Trinajstić information content (AvgIpc) is 2.77. The number of rotatable bonds is 3. The molecule has 1 aromatic carbocycles. The maximum absolute atomic E-state index is 12.4. The normalized spacial score (nSPS) is 12.4. The van der Waals surface area contributed by atoms with Crippen molar-refractivity contribution in [2.75, 3.05) is 0 Å². The zero-order valence-corrected chi connectivity index (χ0v) is 11.3. The van der Waals surface area contributed by atoms with E-state index in [1.807, 2.05) is 52.1 Å². The van der Waals surface area contributed by atoms with E-state index in [1.165, 1.54) is 5.56 Å². The van der Waals surface area contributed by atoms with E-state index in [-0.39, 0.29) is 11.8 Å². The van der Waals surface area contributed by atoms with Gasteiger partial charge in [0.25, 0.3) is 0 Å². The van der Waals surface area contributed by atoms with Crippen LogP contribution in [0.1, 0.15) is 40.0 Å². The molecular weight excluding hydrogens is 224 g/mol. The van der Waals surface area contributed by atoms with E-state index in [0.717, 1.165) is 16.7 Å². The van der Waals surface area contributed by atoms with Crippen molar-refractivity contribution in [2.45, 2.75) is 33.7 Å². The number of nitrogens with zero attached hydrogens (tertiary/aromatic N) is 2. The molecule has 1 aromatic heterocycles. The molecule has 0 amide bonds. The summed E-state index contributed by atoms with van der Waals surface area (Å²) in [5.74, 6) is 0.0983. The quantitative estimate of drug-likeness (QED) is 0.774. The van der Waals surface area contributed by atoms with Crippen LogP contribution in [0.5, 0.6) is 0 Å². The first-order valence-electron chi connectivity index (χ1n) is 6.11. The number of hydrogen-bond acceptors (Lipinski definition) is 2. The monoisotopic (exact) mass is 242 g/mol. The Labute approximate surface area is 107 Å². The summed E-state index contributed by atoms with van der Waals surface area (Å²) < 4.78 is 1.72. The minimum Gasteiger partial charge on any atom is -0.292 e. The Bertz CT molecular complexity index is 584. The Morgan fingerprint density at radius 1 is 1.22 bits per heavy atom. The molecule has 0 fully saturated rings. The SMILES string of the molecule is Cc1cnn(C(C)C(=O)c2ccc(C)c(C)c2)c1. The lowest BCUT2D eigenvalue weighted by atomic mass is 10.0. The maximum Gasteiger partial charge on any atom is 0.187 e. The van der Waals surface area contributed by atoms with Crippen LogP contribution in [0.3, 0.4) is 0 Å². The number of Topliss-reactive ketones (excluding diaryl/α,β-unsaturated/α-hetero) is 1. The standard InChI is InChI=1S/C15H18N2O/c1-10-8-16-17(9-10)13(4)15(18)14-6-5-11(2)12(3)7-14/h5-9,13H,1-4H3. The topological polar surface area (TPSA) is 34.9 Å². The number of hydrogen-bond donors (Lipinski definition) is 0. The van der Waals surface area contributed by atoms with E-state index >= 15 is 0 Å². The van der Waals surface area contributed by atoms with E-state index in [9.17, 15) is 4.79 Å². The van der Waals surface area contributed by atoms with Crippen molar-refractivity contribution in [3.05, 3.63) is 52.8 Å². The van der Waals surface area contributed by atoms with Crippen LogP contribution in [-0.2, 0) is 0 Å². The molecule has 2 rings (SSSR count). The summed E-state index contributed by atoms with van der Waals surface area (Å²) in [7, 11) is 0. The van der Waals surface area contributed by atoms with E-state index in [2.05, 4.69) is 5.10 Å². The molecule has 3 heteroatoms. The van der Waals surface area contributed by atoms with Gasteiger partial charge >= 0.3 is 0 Å². The summed E-state index contributed by atoms with van der Waals surface area (Å²) >= 11 is 0. The molecule has 18 heavy (non-hydrogen) atoms. The van der Waals surface area contributed by atoms with Crippen LogP contribution in [0.25, 0.3) is 0 Å². The Balaban J connectivity index is 2.28. The molecule has 0 aliphatic rings. The molecule has 0 radical (unpaired) electrons. The number of carbonyl (C=O) groups is 1. The largest absolute Gasteiger partial charge is 0.292 e. The van der Waals surface area contributed by atoms with Crippen molar-refractivity contribution >= 4 is 5.78 Å². The van der Waals surface area contributed by atoms with Crippen molar-refractivity contribution in [3.63, 3.8) is 0 Å². The molecule has 94 valence electrons. The summed E-state index contributed by atoms with van der Waals surface area (Å²) in [6, 6.07) is 5.56. The Morgan fingerprint density at radius 2 is 1.94 bits per heavy atom. The lowest BCUT2D eigenvalue weighted by molar-refractivity contribution is 0.0928. The van der Waals surface area contributed by atoms with Crippen molar-refractivity contribution in [3.8, 4) is 0 Å². The van der Waals surface area contributed by atoms with Gasteiger partial charge in [0, 0.05) is 11.8 Å². The van der Waals surface area contributed by atoms with Gasteiger partial charge in [-0.1, -0.05) is 12.1 Å². The lowest BCUT2D eigenvalue weighted by Crippen LogP contribution is -2.17. The van der Waals surface area contributed by atoms with Crippen LogP contribution in [0.15, 0.2) is 30.6 Å². The highest BCUT2D eigenvalue weighted by Gasteiger charge is 2.17. The number of benzene rings is 1. The summed E-state index contributed by atoms with van der Waals surface area (Å²) in [4.78, 5) is 12.4. The minimum atomic E-state index is -0.263. The van der Waals surface area contributed by atoms with Crippen LogP contribution in [-0.4, -0.2) is 15.6 Å². The third kappa shape index (κ3) is 2.35. The second-order valence-electron chi connectivity index (χ2n) is 4.84. The fourth-order valence-electron chi connectivity index (χ4n) is 1.90. The Kier molecular flexibility index (Phi) is 3.32. The zero-order valence-electron chi connectivity index (χ0n) is 11.3. The summed E-state index contributed by atoms with van der Waals surface area (Å²) in [5.41, 5.74) is 4.16. The maximum atomic E-state index is 12.4. The van der Waals surface area contributed by atoms with E-state index in [0.29, 0.717) is 0 Å². The highest BCUT2D eigenvalue weighted by molar-refractivity contribution is 5.98. The second-order valence-corrected chi connectivity index (χ2v) is 4.84. The molecule has 3 nitrogen and oxygen atoms in total. The van der Waals surface area contributed by atoms with Crippen LogP contribution in [0, 0.1) is 20.8 Å². The molecule has 0 aliphatic heterocycles. The molecule has 1 unspecified atom stereocenters. The summed E-state index contributed by atoms with van der Waals surface area (Å²) in [5, 5.41) is 4.20. The van der Waals surface area contributed by atoms with Gasteiger partial charge in [0.2, 0.25) is 0 Å². The van der Waals surface area contributed by atoms with Crippen molar-refractivity contribution < 1.29 is 4.79 Å². The van der Waals surface area contributed by atoms with Gasteiger partial charge in [-0.05, 0) is 50.5 Å². The highest BCUT2D eigenvalue weighted by atomic mass is 16.1. The molecule has 0 N–H and O–H groups in total. The van der Waals surface area contributed by atoms with Crippen LogP contribution in [0.2, 0.25) is 0 Å². The first-order chi connectivity index (χ1) is 8.49. The van der Waals surface area contributed by atoms with Crippen molar-refractivity contribution in [2.24, 2.45) is 0 Å². The lowest BCUT2D eigenvalue weighted by Gasteiger charge is -2.12. The third-order valence-electron chi connectivity index (χ3n) is 3.30. The number of ketones is 1. The smallest absolute Gasteiger partial charge is 0.187 e. The van der Waals surface area contributed by atoms with Gasteiger partial charge in [-0.3, -0.25) is 9.48 Å². The van der Waals surface area contributed by atoms with Gasteiger partial charge in [0.1, 0.15) is 6.04 Å². The predicted molar refractivity (Wildman–Crippen MR) is 71.9 cm³/mol. The van der Waals surface area contributed by atoms with E-state index in [1.54, 1.807) is 10.9 Å². The molecule has 1 atom stereocenters. The second kappa shape index (κ2) is 4.77. The van der Waals surface area contributed by atoms with Gasteiger partial charge < -0.3 is 0 Å². The Hall–Kier alpha value is -1.90. The number of carbonyl (C=O) groups excluding carboxylic acids is 1. The van der Waals surface area contributed by atoms with Gasteiger partial charge in [0.05, 0.1) is 6.20 Å². The summed E-state index contributed by atoms with van der Waals surface area (Å²) in [6.45, 7) is 7.92. The van der Waals surface area contributed by atoms with Crippen LogP contribution >= 0.6 is 0 Å². The first-order valence-corrected chi connectivity index (χ1v) is 6.11.